The van der Waals surface area contributed by atoms with E-state index in [0.29, 0.717) is 64.6 Å². The number of aliphatic hydroxyl groups is 5. The summed E-state index contributed by atoms with van der Waals surface area (Å²) in [7, 11) is 0. The average molecular weight is 1380 g/mol. The number of aliphatic carboxylic acids is 1. The van der Waals surface area contributed by atoms with Crippen LogP contribution in [0.3, 0.4) is 0 Å². The van der Waals surface area contributed by atoms with Crippen molar-refractivity contribution in [1.82, 2.24) is 0 Å². The van der Waals surface area contributed by atoms with E-state index in [1.165, 1.54) is 12.1 Å². The molecule has 4 aromatic rings. The number of carboxylic acids is 1. The van der Waals surface area contributed by atoms with Crippen molar-refractivity contribution in [3.63, 3.8) is 0 Å². The normalized spacial score (nSPS) is 33.3. The lowest BCUT2D eigenvalue weighted by Gasteiger charge is -2.59. The zero-order valence-electron chi connectivity index (χ0n) is 57.8. The molecule has 14 atom stereocenters. The number of allylic oxidation sites excluding steroid dienone is 8. The van der Waals surface area contributed by atoms with Crippen molar-refractivity contribution >= 4 is 69.8 Å². The van der Waals surface area contributed by atoms with Crippen LogP contribution < -0.4 is 9.47 Å². The highest BCUT2D eigenvalue weighted by molar-refractivity contribution is 6.02. The summed E-state index contributed by atoms with van der Waals surface area (Å²) in [5, 5.41) is 81.0. The van der Waals surface area contributed by atoms with Gasteiger partial charge in [-0.15, -0.1) is 0 Å². The van der Waals surface area contributed by atoms with Gasteiger partial charge >= 0.3 is 23.9 Å². The Hall–Kier alpha value is -9.00. The molecule has 6 fully saturated rings. The highest BCUT2D eigenvalue weighted by Crippen LogP contribution is 2.69. The maximum absolute atomic E-state index is 13.7. The van der Waals surface area contributed by atoms with Crippen LogP contribution in [-0.4, -0.2) is 126 Å². The first kappa shape index (κ1) is 71.8. The Labute approximate surface area is 584 Å². The SMILES string of the molecule is CC1(C)OC(=O)c2cc(N=Nc3ccccc3CC(=O)O)ccc2O1.CC1(C)OC(=O)c2cc(N=Nc3ccccc3CC(=O)OCC(=O)C3(O)CCC4C5CCC6=CC(=O)C=CC6(C)C5C(O)CC43C)ccc2O1.CC12C=CC(=O)C=C1CCC1C2C(O)CC2(C)C1CCC2(O)C(=O)CO. The van der Waals surface area contributed by atoms with Crippen LogP contribution in [0.1, 0.15) is 151 Å². The number of carbonyl (C=O) groups excluding carboxylic acids is 7. The Bertz CT molecular complexity index is 4280. The molecule has 10 aliphatic rings. The van der Waals surface area contributed by atoms with Crippen molar-refractivity contribution in [2.24, 2.45) is 77.6 Å². The number of azo groups is 2. The third-order valence-electron chi connectivity index (χ3n) is 23.7. The molecule has 6 saturated carbocycles. The van der Waals surface area contributed by atoms with E-state index >= 15 is 0 Å². The number of nitrogens with zero attached hydrogens (tertiary/aromatic N) is 4. The molecule has 23 nitrogen and oxygen atoms in total. The smallest absolute Gasteiger partial charge is 0.345 e. The number of carbonyl (C=O) groups is 8. The van der Waals surface area contributed by atoms with Crippen LogP contribution in [0.2, 0.25) is 0 Å². The Kier molecular flexibility index (Phi) is 19.0. The van der Waals surface area contributed by atoms with E-state index in [9.17, 15) is 63.9 Å². The van der Waals surface area contributed by atoms with Crippen LogP contribution in [0.4, 0.5) is 22.7 Å². The second-order valence-electron chi connectivity index (χ2n) is 30.4. The van der Waals surface area contributed by atoms with Crippen molar-refractivity contribution in [3.05, 3.63) is 155 Å². The molecule has 0 spiro atoms. The van der Waals surface area contributed by atoms with Gasteiger partial charge in [0.25, 0.3) is 0 Å². The van der Waals surface area contributed by atoms with Crippen molar-refractivity contribution < 1.29 is 92.7 Å². The van der Waals surface area contributed by atoms with E-state index < -0.39 is 99.9 Å². The maximum atomic E-state index is 13.7. The third-order valence-corrected chi connectivity index (χ3v) is 23.7. The monoisotopic (exact) mass is 1380 g/mol. The molecule has 0 radical (unpaired) electrons. The number of aliphatic hydroxyl groups excluding tert-OH is 3. The predicted molar refractivity (Wildman–Crippen MR) is 363 cm³/mol. The number of Topliss-reactive ketones (excluding diaryl/α,β-unsaturated/α-hetero) is 2. The van der Waals surface area contributed by atoms with Crippen LogP contribution >= 0.6 is 0 Å². The molecule has 0 amide bonds. The summed E-state index contributed by atoms with van der Waals surface area (Å²) in [4.78, 5) is 98.5. The van der Waals surface area contributed by atoms with E-state index in [1.807, 2.05) is 26.0 Å². The summed E-state index contributed by atoms with van der Waals surface area (Å²) < 4.78 is 27.2. The number of ether oxygens (including phenoxy) is 5. The molecule has 6 N–H and O–H groups in total. The van der Waals surface area contributed by atoms with Gasteiger partial charge in [-0.3, -0.25) is 28.8 Å². The lowest BCUT2D eigenvalue weighted by molar-refractivity contribution is -0.181. The van der Waals surface area contributed by atoms with Gasteiger partial charge in [-0.1, -0.05) is 87.4 Å². The molecular weight excluding hydrogens is 1300 g/mol. The number of hydrogen-bond donors (Lipinski definition) is 6. The first-order valence-corrected chi connectivity index (χ1v) is 34.5. The number of ketones is 4. The van der Waals surface area contributed by atoms with E-state index in [1.54, 1.807) is 125 Å². The Morgan fingerprint density at radius 2 is 0.970 bits per heavy atom. The van der Waals surface area contributed by atoms with Crippen molar-refractivity contribution in [2.45, 2.75) is 167 Å². The molecule has 0 saturated heterocycles. The summed E-state index contributed by atoms with van der Waals surface area (Å²) in [6.45, 7) is 13.3. The number of esters is 3. The summed E-state index contributed by atoms with van der Waals surface area (Å²) in [6.07, 6.45) is 14.4. The number of cyclic esters (lactones) is 2. The van der Waals surface area contributed by atoms with Gasteiger partial charge < -0.3 is 54.3 Å². The van der Waals surface area contributed by atoms with Crippen molar-refractivity contribution in [1.29, 1.82) is 0 Å². The zero-order valence-corrected chi connectivity index (χ0v) is 57.8. The number of rotatable bonds is 13. The van der Waals surface area contributed by atoms with Gasteiger partial charge in [-0.2, -0.15) is 20.5 Å². The topological polar surface area (TPSA) is 354 Å². The standard InChI is InChI=1S/C39H42N2O9.C21H28O5.C18H16N2O5/c1-36(2)49-31-12-10-24(19-27(31)35(46)50-36)40-41-29-8-6-5-7-22(29)17-33(45)48-21-32(44)39(47)16-14-28-26-11-9-23-18-25(42)13-15-37(23,3)34(26)30(43)20-38(28,39)4;1-19-7-5-13(23)9-12(19)3-4-14-15-6-8-21(26,17(25)11-22)20(15,2)10-16(24)18(14)19;1-18(2)24-15-8-7-12(10-13(15)17(23)25-18)19-20-14-6-4-3-5-11(14)9-16(21)22/h5-8,10,12-13,15,18-19,26,28,30,34,43,47H,9,11,14,16-17,20-21H2,1-4H3;5,7,9,14-16,18,22,24,26H,3-4,6,8,10-11H2,1-2H3;3-8,10H,9H2,1-2H3,(H,21,22). The molecule has 0 bridgehead atoms. The van der Waals surface area contributed by atoms with Crippen LogP contribution in [0.25, 0.3) is 0 Å². The first-order valence-electron chi connectivity index (χ1n) is 34.5. The predicted octanol–water partition coefficient (Wildman–Crippen LogP) is 11.6. The van der Waals surface area contributed by atoms with Crippen molar-refractivity contribution in [2.75, 3.05) is 13.2 Å². The molecule has 2 heterocycles. The van der Waals surface area contributed by atoms with Gasteiger partial charge in [0.2, 0.25) is 17.4 Å². The third kappa shape index (κ3) is 13.2. The van der Waals surface area contributed by atoms with Crippen LogP contribution in [0.15, 0.2) is 153 Å². The molecule has 101 heavy (non-hydrogen) atoms. The van der Waals surface area contributed by atoms with E-state index in [4.69, 9.17) is 28.8 Å². The van der Waals surface area contributed by atoms with Crippen molar-refractivity contribution in [3.8, 4) is 11.5 Å². The quantitative estimate of drug-likeness (QED) is 0.0411. The largest absolute Gasteiger partial charge is 0.481 e. The Balaban J connectivity index is 0.000000159. The van der Waals surface area contributed by atoms with Gasteiger partial charge in [0.1, 0.15) is 40.4 Å². The second kappa shape index (κ2) is 26.7. The van der Waals surface area contributed by atoms with E-state index in [2.05, 4.69) is 34.3 Å². The van der Waals surface area contributed by atoms with E-state index in [0.717, 1.165) is 43.3 Å². The van der Waals surface area contributed by atoms with Crippen LogP contribution in [-0.2, 0) is 55.8 Å². The van der Waals surface area contributed by atoms with Crippen LogP contribution in [0.5, 0.6) is 11.5 Å². The first-order chi connectivity index (χ1) is 47.6. The molecule has 14 unspecified atom stereocenters. The minimum Gasteiger partial charge on any atom is -0.481 e. The molecule has 14 rings (SSSR count). The van der Waals surface area contributed by atoms with Gasteiger partial charge in [-0.05, 0) is 172 Å². The molecule has 4 aromatic carbocycles. The minimum absolute atomic E-state index is 0.00912. The fraction of sp³-hybridized carbons (Fsp3) is 0.487. The summed E-state index contributed by atoms with van der Waals surface area (Å²) in [5.74, 6) is -4.81. The maximum Gasteiger partial charge on any atom is 0.345 e. The molecule has 2 aliphatic heterocycles. The molecule has 0 aromatic heterocycles. The Morgan fingerprint density at radius 3 is 1.41 bits per heavy atom. The summed E-state index contributed by atoms with van der Waals surface area (Å²) in [6, 6.07) is 23.4. The number of fused-ring (bicyclic) bond motifs is 12. The lowest BCUT2D eigenvalue weighted by atomic mass is 9.46. The summed E-state index contributed by atoms with van der Waals surface area (Å²) >= 11 is 0. The highest BCUT2D eigenvalue weighted by atomic mass is 16.7. The number of benzene rings is 4. The molecule has 532 valence electrons. The van der Waals surface area contributed by atoms with Gasteiger partial charge in [0, 0.05) is 61.2 Å². The fourth-order valence-corrected chi connectivity index (χ4v) is 18.9. The van der Waals surface area contributed by atoms with Crippen LogP contribution in [0, 0.1) is 57.2 Å². The molecular formula is C78H86N4O19. The number of hydrogen-bond acceptors (Lipinski definition) is 22. The number of carboxylic acid groups (broad SMARTS) is 1. The van der Waals surface area contributed by atoms with Gasteiger partial charge in [0.15, 0.2) is 24.0 Å². The molecule has 23 heteroatoms. The second-order valence-corrected chi connectivity index (χ2v) is 30.4. The Morgan fingerprint density at radius 1 is 0.545 bits per heavy atom. The zero-order chi connectivity index (χ0) is 72.6. The average Bonchev–Trinajstić information content (AvgIpc) is 1.51. The highest BCUT2D eigenvalue weighted by Gasteiger charge is 2.70. The van der Waals surface area contributed by atoms with Gasteiger partial charge in [0.05, 0.1) is 47.8 Å². The van der Waals surface area contributed by atoms with Gasteiger partial charge in [-0.25, -0.2) is 9.59 Å². The molecule has 8 aliphatic carbocycles. The minimum atomic E-state index is -1.76. The fourth-order valence-electron chi connectivity index (χ4n) is 18.9. The lowest BCUT2D eigenvalue weighted by Crippen LogP contribution is -2.61. The van der Waals surface area contributed by atoms with E-state index in [-0.39, 0.29) is 89.3 Å². The summed E-state index contributed by atoms with van der Waals surface area (Å²) in [5.41, 5.74) is -0.351.